The van der Waals surface area contributed by atoms with E-state index in [2.05, 4.69) is 21.2 Å². The summed E-state index contributed by atoms with van der Waals surface area (Å²) in [6.45, 7) is 1.98. The fraction of sp³-hybridized carbons (Fsp3) is 0.333. The molecule has 1 atom stereocenters. The maximum Gasteiger partial charge on any atom is 0.417 e. The number of benzene rings is 1. The predicted molar refractivity (Wildman–Crippen MR) is 78.9 cm³/mol. The van der Waals surface area contributed by atoms with Crippen LogP contribution in [0.15, 0.2) is 39.2 Å². The van der Waals surface area contributed by atoms with Gasteiger partial charge in [-0.1, -0.05) is 22.9 Å². The van der Waals surface area contributed by atoms with Crippen molar-refractivity contribution in [3.8, 4) is 11.3 Å². The van der Waals surface area contributed by atoms with Crippen molar-refractivity contribution < 1.29 is 17.6 Å². The molecule has 1 unspecified atom stereocenters. The molecule has 0 amide bonds. The molecule has 0 saturated carbocycles. The molecule has 114 valence electrons. The zero-order valence-electron chi connectivity index (χ0n) is 11.6. The first-order valence-electron chi connectivity index (χ1n) is 6.51. The molecule has 0 aliphatic carbocycles. The molecule has 0 radical (unpaired) electrons. The molecule has 1 aromatic carbocycles. The van der Waals surface area contributed by atoms with Gasteiger partial charge in [0.25, 0.3) is 0 Å². The van der Waals surface area contributed by atoms with Crippen molar-refractivity contribution in [2.24, 2.45) is 0 Å². The standard InChI is InChI=1S/C15H15BrF3NO/c1-3-12(20-2)14-7-6-13(21-14)10-5-4-9(16)8-11(10)15(17,18)19/h4-8,12,20H,3H2,1-2H3. The first kappa shape index (κ1) is 16.1. The summed E-state index contributed by atoms with van der Waals surface area (Å²) < 4.78 is 45.4. The highest BCUT2D eigenvalue weighted by Gasteiger charge is 2.34. The second kappa shape index (κ2) is 6.23. The van der Waals surface area contributed by atoms with E-state index in [4.69, 9.17) is 4.42 Å². The fourth-order valence-electron chi connectivity index (χ4n) is 2.20. The lowest BCUT2D eigenvalue weighted by Gasteiger charge is -2.13. The molecule has 2 nitrogen and oxygen atoms in total. The average molecular weight is 362 g/mol. The van der Waals surface area contributed by atoms with Gasteiger partial charge in [-0.2, -0.15) is 13.2 Å². The molecule has 6 heteroatoms. The molecular weight excluding hydrogens is 347 g/mol. The molecule has 0 saturated heterocycles. The number of rotatable bonds is 4. The van der Waals surface area contributed by atoms with Crippen molar-refractivity contribution in [3.05, 3.63) is 46.1 Å². The third-order valence-electron chi connectivity index (χ3n) is 3.28. The van der Waals surface area contributed by atoms with Crippen molar-refractivity contribution in [1.29, 1.82) is 0 Å². The summed E-state index contributed by atoms with van der Waals surface area (Å²) >= 11 is 3.07. The lowest BCUT2D eigenvalue weighted by Crippen LogP contribution is -2.14. The van der Waals surface area contributed by atoms with Gasteiger partial charge in [-0.05, 0) is 43.8 Å². The van der Waals surface area contributed by atoms with Crippen LogP contribution in [0.25, 0.3) is 11.3 Å². The van der Waals surface area contributed by atoms with Gasteiger partial charge < -0.3 is 9.73 Å². The van der Waals surface area contributed by atoms with Crippen LogP contribution >= 0.6 is 15.9 Å². The van der Waals surface area contributed by atoms with E-state index in [0.717, 1.165) is 12.5 Å². The lowest BCUT2D eigenvalue weighted by molar-refractivity contribution is -0.137. The molecular formula is C15H15BrF3NO. The van der Waals surface area contributed by atoms with Gasteiger partial charge in [-0.3, -0.25) is 0 Å². The van der Waals surface area contributed by atoms with E-state index in [1.165, 1.54) is 6.07 Å². The third kappa shape index (κ3) is 3.49. The molecule has 0 spiro atoms. The number of alkyl halides is 3. The first-order chi connectivity index (χ1) is 9.86. The Morgan fingerprint density at radius 2 is 1.95 bits per heavy atom. The fourth-order valence-corrected chi connectivity index (χ4v) is 2.56. The summed E-state index contributed by atoms with van der Waals surface area (Å²) in [6, 6.07) is 7.32. The minimum Gasteiger partial charge on any atom is -0.459 e. The molecule has 0 bridgehead atoms. The van der Waals surface area contributed by atoms with Crippen LogP contribution in [-0.2, 0) is 6.18 Å². The molecule has 1 heterocycles. The number of nitrogens with one attached hydrogen (secondary N) is 1. The SMILES string of the molecule is CCC(NC)c1ccc(-c2ccc(Br)cc2C(F)(F)F)o1. The summed E-state index contributed by atoms with van der Waals surface area (Å²) in [5.74, 6) is 0.851. The van der Waals surface area contributed by atoms with Crippen molar-refractivity contribution >= 4 is 15.9 Å². The molecule has 2 rings (SSSR count). The highest BCUT2D eigenvalue weighted by Crippen LogP contribution is 2.39. The van der Waals surface area contributed by atoms with Crippen LogP contribution in [0, 0.1) is 0 Å². The summed E-state index contributed by atoms with van der Waals surface area (Å²) in [4.78, 5) is 0. The Labute approximate surface area is 129 Å². The maximum atomic E-state index is 13.1. The number of furan rings is 1. The first-order valence-corrected chi connectivity index (χ1v) is 7.30. The van der Waals surface area contributed by atoms with Crippen LogP contribution in [0.5, 0.6) is 0 Å². The topological polar surface area (TPSA) is 25.2 Å². The van der Waals surface area contributed by atoms with E-state index in [1.54, 1.807) is 25.2 Å². The maximum absolute atomic E-state index is 13.1. The second-order valence-electron chi connectivity index (χ2n) is 4.64. The lowest BCUT2D eigenvalue weighted by atomic mass is 10.1. The van der Waals surface area contributed by atoms with E-state index in [-0.39, 0.29) is 17.4 Å². The van der Waals surface area contributed by atoms with Gasteiger partial charge in [0.05, 0.1) is 11.6 Å². The third-order valence-corrected chi connectivity index (χ3v) is 3.77. The van der Waals surface area contributed by atoms with Gasteiger partial charge in [0.1, 0.15) is 11.5 Å². The van der Waals surface area contributed by atoms with E-state index in [0.29, 0.717) is 10.2 Å². The molecule has 1 aromatic heterocycles. The molecule has 0 aliphatic rings. The minimum absolute atomic E-state index is 0.0106. The van der Waals surface area contributed by atoms with Crippen molar-refractivity contribution in [2.45, 2.75) is 25.6 Å². The zero-order chi connectivity index (χ0) is 15.6. The van der Waals surface area contributed by atoms with Crippen LogP contribution in [0.2, 0.25) is 0 Å². The van der Waals surface area contributed by atoms with E-state index in [9.17, 15) is 13.2 Å². The predicted octanol–water partition coefficient (Wildman–Crippen LogP) is 5.40. The summed E-state index contributed by atoms with van der Waals surface area (Å²) in [7, 11) is 1.79. The van der Waals surface area contributed by atoms with Gasteiger partial charge in [-0.15, -0.1) is 0 Å². The highest BCUT2D eigenvalue weighted by atomic mass is 79.9. The van der Waals surface area contributed by atoms with E-state index >= 15 is 0 Å². The number of hydrogen-bond donors (Lipinski definition) is 1. The molecule has 1 N–H and O–H groups in total. The molecule has 21 heavy (non-hydrogen) atoms. The summed E-state index contributed by atoms with van der Waals surface area (Å²) in [5.41, 5.74) is -0.668. The minimum atomic E-state index is -4.43. The van der Waals surface area contributed by atoms with Gasteiger partial charge in [0, 0.05) is 10.0 Å². The van der Waals surface area contributed by atoms with Gasteiger partial charge in [0.2, 0.25) is 0 Å². The summed E-state index contributed by atoms with van der Waals surface area (Å²) in [5, 5.41) is 3.06. The van der Waals surface area contributed by atoms with Crippen LogP contribution in [0.3, 0.4) is 0 Å². The van der Waals surface area contributed by atoms with Gasteiger partial charge >= 0.3 is 6.18 Å². The van der Waals surface area contributed by atoms with Crippen LogP contribution in [0.4, 0.5) is 13.2 Å². The molecule has 2 aromatic rings. The van der Waals surface area contributed by atoms with Crippen molar-refractivity contribution in [2.75, 3.05) is 7.05 Å². The Balaban J connectivity index is 2.48. The monoisotopic (exact) mass is 361 g/mol. The normalized spacial score (nSPS) is 13.4. The highest BCUT2D eigenvalue weighted by molar-refractivity contribution is 9.10. The van der Waals surface area contributed by atoms with Gasteiger partial charge in [0.15, 0.2) is 0 Å². The van der Waals surface area contributed by atoms with Crippen LogP contribution in [-0.4, -0.2) is 7.05 Å². The van der Waals surface area contributed by atoms with Gasteiger partial charge in [-0.25, -0.2) is 0 Å². The average Bonchev–Trinajstić information content (AvgIpc) is 2.88. The van der Waals surface area contributed by atoms with Crippen molar-refractivity contribution in [1.82, 2.24) is 5.32 Å². The van der Waals surface area contributed by atoms with E-state index < -0.39 is 11.7 Å². The van der Waals surface area contributed by atoms with E-state index in [1.807, 2.05) is 6.92 Å². The number of hydrogen-bond acceptors (Lipinski definition) is 2. The van der Waals surface area contributed by atoms with Crippen molar-refractivity contribution in [3.63, 3.8) is 0 Å². The summed E-state index contributed by atoms with van der Waals surface area (Å²) in [6.07, 6.45) is -3.64. The largest absolute Gasteiger partial charge is 0.459 e. The number of halogens is 4. The van der Waals surface area contributed by atoms with Crippen LogP contribution in [0.1, 0.15) is 30.7 Å². The molecule has 0 fully saturated rings. The quantitative estimate of drug-likeness (QED) is 0.788. The molecule has 0 aliphatic heterocycles. The Hall–Kier alpha value is -1.27. The Morgan fingerprint density at radius 3 is 2.52 bits per heavy atom. The zero-order valence-corrected chi connectivity index (χ0v) is 13.2. The second-order valence-corrected chi connectivity index (χ2v) is 5.55. The Kier molecular flexibility index (Phi) is 4.78. The smallest absolute Gasteiger partial charge is 0.417 e. The Bertz CT molecular complexity index is 618. The Morgan fingerprint density at radius 1 is 1.24 bits per heavy atom. The van der Waals surface area contributed by atoms with Crippen LogP contribution < -0.4 is 5.32 Å².